The van der Waals surface area contributed by atoms with Crippen LogP contribution in [0, 0.1) is 0 Å². The van der Waals surface area contributed by atoms with Gasteiger partial charge in [0.25, 0.3) is 0 Å². The molecule has 0 atom stereocenters. The summed E-state index contributed by atoms with van der Waals surface area (Å²) in [4.78, 5) is 13.7. The highest BCUT2D eigenvalue weighted by molar-refractivity contribution is 14.0. The number of anilines is 1. The minimum atomic E-state index is 0. The number of rotatable bonds is 3. The molecule has 3 rings (SSSR count). The highest BCUT2D eigenvalue weighted by Gasteiger charge is 2.38. The lowest BCUT2D eigenvalue weighted by Gasteiger charge is -2.45. The highest BCUT2D eigenvalue weighted by atomic mass is 127. The molecule has 142 valence electrons. The summed E-state index contributed by atoms with van der Waals surface area (Å²) < 4.78 is 0.465. The summed E-state index contributed by atoms with van der Waals surface area (Å²) in [6.07, 6.45) is 6.91. The van der Waals surface area contributed by atoms with Gasteiger partial charge in [-0.3, -0.25) is 4.99 Å². The zero-order valence-electron chi connectivity index (χ0n) is 15.5. The van der Waals surface area contributed by atoms with Crippen molar-refractivity contribution in [3.8, 4) is 0 Å². The van der Waals surface area contributed by atoms with E-state index in [9.17, 15) is 0 Å². The van der Waals surface area contributed by atoms with E-state index < -0.39 is 0 Å². The highest BCUT2D eigenvalue weighted by Crippen LogP contribution is 2.42. The Morgan fingerprint density at radius 3 is 2.76 bits per heavy atom. The van der Waals surface area contributed by atoms with E-state index in [4.69, 9.17) is 0 Å². The van der Waals surface area contributed by atoms with E-state index in [0.717, 1.165) is 36.4 Å². The van der Waals surface area contributed by atoms with Crippen molar-refractivity contribution < 1.29 is 0 Å². The van der Waals surface area contributed by atoms with Crippen molar-refractivity contribution in [1.29, 1.82) is 0 Å². The minimum Gasteiger partial charge on any atom is -0.354 e. The molecular weight excluding hydrogens is 465 g/mol. The Kier molecular flexibility index (Phi) is 8.13. The molecule has 1 saturated heterocycles. The average Bonchev–Trinajstić information content (AvgIpc) is 3.06. The third kappa shape index (κ3) is 5.38. The summed E-state index contributed by atoms with van der Waals surface area (Å²) in [7, 11) is 5.96. The van der Waals surface area contributed by atoms with E-state index in [1.165, 1.54) is 37.9 Å². The standard InChI is InChI=1S/C17H29N5S2.HI/c1-18-15(19-11-14-12-23-16(20-14)21(2)3)22-9-10-24-17(13-22)7-5-4-6-8-17;/h12H,4-11,13H2,1-3H3,(H,18,19);1H. The number of thiazole rings is 1. The number of hydrogen-bond acceptors (Lipinski definition) is 5. The summed E-state index contributed by atoms with van der Waals surface area (Å²) in [6.45, 7) is 2.97. The van der Waals surface area contributed by atoms with Crippen LogP contribution >= 0.6 is 47.1 Å². The number of hydrogen-bond donors (Lipinski definition) is 1. The Hall–Kier alpha value is -0.220. The molecule has 2 heterocycles. The third-order valence-corrected chi connectivity index (χ3v) is 7.47. The minimum absolute atomic E-state index is 0. The fourth-order valence-corrected chi connectivity index (χ4v) is 5.94. The average molecular weight is 496 g/mol. The maximum Gasteiger partial charge on any atom is 0.194 e. The van der Waals surface area contributed by atoms with E-state index in [-0.39, 0.29) is 24.0 Å². The van der Waals surface area contributed by atoms with Gasteiger partial charge in [0.15, 0.2) is 11.1 Å². The normalized spacial score (nSPS) is 20.3. The molecule has 1 N–H and O–H groups in total. The SMILES string of the molecule is CN=C(NCc1csc(N(C)C)n1)N1CCSC2(CCCCC2)C1.I. The molecule has 0 amide bonds. The van der Waals surface area contributed by atoms with Crippen molar-refractivity contribution >= 4 is 58.2 Å². The second-order valence-corrected chi connectivity index (χ2v) is 9.33. The number of halogens is 1. The number of nitrogens with zero attached hydrogens (tertiary/aromatic N) is 4. The lowest BCUT2D eigenvalue weighted by Crippen LogP contribution is -2.53. The van der Waals surface area contributed by atoms with E-state index in [1.54, 1.807) is 11.3 Å². The molecule has 1 aromatic heterocycles. The molecule has 2 aliphatic rings. The van der Waals surface area contributed by atoms with Gasteiger partial charge in [-0.05, 0) is 12.8 Å². The van der Waals surface area contributed by atoms with E-state index in [1.807, 2.05) is 21.1 Å². The molecule has 0 bridgehead atoms. The summed E-state index contributed by atoms with van der Waals surface area (Å²) in [5.41, 5.74) is 1.09. The van der Waals surface area contributed by atoms with Crippen LogP contribution in [0.3, 0.4) is 0 Å². The Balaban J connectivity index is 0.00000225. The van der Waals surface area contributed by atoms with Gasteiger partial charge in [-0.1, -0.05) is 19.3 Å². The molecule has 0 aromatic carbocycles. The predicted molar refractivity (Wildman–Crippen MR) is 122 cm³/mol. The lowest BCUT2D eigenvalue weighted by atomic mass is 9.87. The molecular formula is C17H30IN5S2. The van der Waals surface area contributed by atoms with Gasteiger partial charge in [0.05, 0.1) is 12.2 Å². The van der Waals surface area contributed by atoms with Crippen molar-refractivity contribution in [2.75, 3.05) is 44.9 Å². The molecule has 1 aliphatic heterocycles. The van der Waals surface area contributed by atoms with Crippen molar-refractivity contribution in [3.05, 3.63) is 11.1 Å². The number of aliphatic imine (C=N–C) groups is 1. The van der Waals surface area contributed by atoms with Crippen LogP contribution in [0.25, 0.3) is 0 Å². The van der Waals surface area contributed by atoms with E-state index >= 15 is 0 Å². The lowest BCUT2D eigenvalue weighted by molar-refractivity contribution is 0.293. The first-order valence-electron chi connectivity index (χ1n) is 8.83. The van der Waals surface area contributed by atoms with E-state index in [0.29, 0.717) is 4.75 Å². The van der Waals surface area contributed by atoms with Gasteiger partial charge >= 0.3 is 0 Å². The number of guanidine groups is 1. The smallest absolute Gasteiger partial charge is 0.194 e. The van der Waals surface area contributed by atoms with Gasteiger partial charge in [0, 0.05) is 50.1 Å². The van der Waals surface area contributed by atoms with Crippen molar-refractivity contribution in [3.63, 3.8) is 0 Å². The zero-order valence-corrected chi connectivity index (χ0v) is 19.4. The molecule has 1 saturated carbocycles. The zero-order chi connectivity index (χ0) is 17.0. The first-order chi connectivity index (χ1) is 11.6. The number of aromatic nitrogens is 1. The molecule has 8 heteroatoms. The molecule has 0 unspecified atom stereocenters. The van der Waals surface area contributed by atoms with Crippen LogP contribution in [-0.4, -0.2) is 60.6 Å². The maximum absolute atomic E-state index is 4.65. The molecule has 1 spiro atoms. The Morgan fingerprint density at radius 2 is 2.12 bits per heavy atom. The largest absolute Gasteiger partial charge is 0.354 e. The molecule has 5 nitrogen and oxygen atoms in total. The topological polar surface area (TPSA) is 43.8 Å². The van der Waals surface area contributed by atoms with E-state index in [2.05, 4.69) is 42.2 Å². The van der Waals surface area contributed by atoms with Crippen LogP contribution in [0.5, 0.6) is 0 Å². The molecule has 1 aromatic rings. The molecule has 0 radical (unpaired) electrons. The van der Waals surface area contributed by atoms with Crippen LogP contribution in [0.15, 0.2) is 10.4 Å². The second-order valence-electron chi connectivity index (χ2n) is 6.93. The Bertz CT molecular complexity index is 564. The molecule has 1 aliphatic carbocycles. The van der Waals surface area contributed by atoms with Crippen LogP contribution in [0.1, 0.15) is 37.8 Å². The first kappa shape index (κ1) is 21.1. The van der Waals surface area contributed by atoms with Crippen LogP contribution in [0.4, 0.5) is 5.13 Å². The Morgan fingerprint density at radius 1 is 1.36 bits per heavy atom. The van der Waals surface area contributed by atoms with Crippen LogP contribution in [0.2, 0.25) is 0 Å². The fraction of sp³-hybridized carbons (Fsp3) is 0.765. The maximum atomic E-state index is 4.65. The fourth-order valence-electron chi connectivity index (χ4n) is 3.61. The van der Waals surface area contributed by atoms with Gasteiger partial charge in [-0.15, -0.1) is 35.3 Å². The third-order valence-electron chi connectivity index (χ3n) is 4.87. The predicted octanol–water partition coefficient (Wildman–Crippen LogP) is 3.65. The summed E-state index contributed by atoms with van der Waals surface area (Å²) in [5, 5.41) is 6.70. The quantitative estimate of drug-likeness (QED) is 0.394. The van der Waals surface area contributed by atoms with Gasteiger partial charge in [-0.25, -0.2) is 4.98 Å². The van der Waals surface area contributed by atoms with Gasteiger partial charge in [0.2, 0.25) is 0 Å². The van der Waals surface area contributed by atoms with Crippen LogP contribution < -0.4 is 10.2 Å². The summed E-state index contributed by atoms with van der Waals surface area (Å²) >= 11 is 3.89. The Labute approximate surface area is 177 Å². The monoisotopic (exact) mass is 495 g/mol. The van der Waals surface area contributed by atoms with Gasteiger partial charge in [0.1, 0.15) is 0 Å². The number of nitrogens with one attached hydrogen (secondary N) is 1. The summed E-state index contributed by atoms with van der Waals surface area (Å²) in [6, 6.07) is 0. The van der Waals surface area contributed by atoms with Crippen molar-refractivity contribution in [1.82, 2.24) is 15.2 Å². The number of thioether (sulfide) groups is 1. The first-order valence-corrected chi connectivity index (χ1v) is 10.7. The van der Waals surface area contributed by atoms with Gasteiger partial charge in [-0.2, -0.15) is 11.8 Å². The van der Waals surface area contributed by atoms with Gasteiger partial charge < -0.3 is 15.1 Å². The van der Waals surface area contributed by atoms with Crippen molar-refractivity contribution in [2.24, 2.45) is 4.99 Å². The van der Waals surface area contributed by atoms with Crippen LogP contribution in [-0.2, 0) is 6.54 Å². The molecule has 25 heavy (non-hydrogen) atoms. The second kappa shape index (κ2) is 9.64. The van der Waals surface area contributed by atoms with Crippen molar-refractivity contribution in [2.45, 2.75) is 43.4 Å². The summed E-state index contributed by atoms with van der Waals surface area (Å²) in [5.74, 6) is 2.24. The molecule has 2 fully saturated rings.